The topological polar surface area (TPSA) is 26.0 Å². The zero-order valence-electron chi connectivity index (χ0n) is 30.5. The average molecular weight is 484 g/mol. The van der Waals surface area contributed by atoms with Gasteiger partial charge in [-0.05, 0) is 103 Å². The van der Waals surface area contributed by atoms with Crippen molar-refractivity contribution in [2.24, 2.45) is 5.41 Å². The monoisotopic (exact) mass is 483 g/mol. The molecule has 1 aliphatic rings. The molecule has 2 heterocycles. The second-order valence-corrected chi connectivity index (χ2v) is 10.6. The molecule has 0 saturated heterocycles. The van der Waals surface area contributed by atoms with Gasteiger partial charge in [0.1, 0.15) is 11.2 Å². The van der Waals surface area contributed by atoms with Crippen molar-refractivity contribution in [2.75, 3.05) is 0 Å². The Kier molecular flexibility index (Phi) is 3.44. The van der Waals surface area contributed by atoms with E-state index in [9.17, 15) is 1.37 Å². The lowest BCUT2D eigenvalue weighted by atomic mass is 9.71. The molecule has 1 fully saturated rings. The normalized spacial score (nSPS) is 22.2. The van der Waals surface area contributed by atoms with Crippen molar-refractivity contribution >= 4 is 21.9 Å². The predicted octanol–water partition coefficient (Wildman–Crippen LogP) is 9.92. The molecule has 5 aromatic rings. The van der Waals surface area contributed by atoms with Crippen LogP contribution in [-0.2, 0) is 0 Å². The Balaban J connectivity index is 1.56. The Labute approximate surface area is 228 Å². The second kappa shape index (κ2) is 8.62. The number of furan rings is 1. The molecule has 1 aliphatic carbocycles. The summed E-state index contributed by atoms with van der Waals surface area (Å²) in [7, 11) is 0. The van der Waals surface area contributed by atoms with Crippen molar-refractivity contribution in [1.29, 1.82) is 0 Å². The molecule has 0 atom stereocenters. The Morgan fingerprint density at radius 3 is 2.33 bits per heavy atom. The third-order valence-corrected chi connectivity index (χ3v) is 7.63. The standard InChI is InChI=1S/C34H35NO/c1-21-8-6-9-27-28-10-7-11-29(33(28)36-32(21)27)31-19-30(23(3)20-35-31)26-13-12-25(18-22(26)2)24-14-16-34(4,5)17-15-24/h6-13,18-20,24H,14-17H2,1-5H3/i1D3,2D3,3D3,24D. The highest BCUT2D eigenvalue weighted by Gasteiger charge is 2.27. The van der Waals surface area contributed by atoms with Crippen molar-refractivity contribution in [1.82, 2.24) is 4.98 Å². The SMILES string of the molecule is [2H]C([2H])([2H])c1cnc(-c2cccc3c2oc2c(C([2H])([2H])[2H])cccc23)cc1-c1ccc(C2([2H])CCC(C)(C)CC2)cc1C([2H])([2H])[2H]. The van der Waals surface area contributed by atoms with Crippen LogP contribution in [0, 0.1) is 26.0 Å². The van der Waals surface area contributed by atoms with Crippen molar-refractivity contribution in [3.63, 3.8) is 0 Å². The van der Waals surface area contributed by atoms with Crippen molar-refractivity contribution < 1.29 is 18.1 Å². The maximum absolute atomic E-state index is 9.25. The van der Waals surface area contributed by atoms with Gasteiger partial charge in [-0.25, -0.2) is 0 Å². The molecule has 0 N–H and O–H groups in total. The number of rotatable bonds is 3. The maximum Gasteiger partial charge on any atom is 0.144 e. The molecule has 6 rings (SSSR count). The average Bonchev–Trinajstić information content (AvgIpc) is 3.36. The Morgan fingerprint density at radius 2 is 1.56 bits per heavy atom. The molecule has 2 heteroatoms. The van der Waals surface area contributed by atoms with Crippen LogP contribution in [0.15, 0.2) is 71.3 Å². The summed E-state index contributed by atoms with van der Waals surface area (Å²) in [5.74, 6) is -0.936. The number of benzene rings is 3. The Bertz CT molecular complexity index is 1950. The number of fused-ring (bicyclic) bond motifs is 3. The van der Waals surface area contributed by atoms with Crippen molar-refractivity contribution in [3.8, 4) is 22.4 Å². The van der Waals surface area contributed by atoms with E-state index in [4.69, 9.17) is 16.8 Å². The summed E-state index contributed by atoms with van der Waals surface area (Å²) in [6, 6.07) is 16.8. The number of hydrogen-bond donors (Lipinski definition) is 0. The highest BCUT2D eigenvalue weighted by atomic mass is 16.3. The van der Waals surface area contributed by atoms with E-state index in [-0.39, 0.29) is 38.8 Å². The van der Waals surface area contributed by atoms with Gasteiger partial charge in [-0.15, -0.1) is 0 Å². The van der Waals surface area contributed by atoms with Gasteiger partial charge >= 0.3 is 0 Å². The third kappa shape index (κ3) is 3.93. The lowest BCUT2D eigenvalue weighted by Gasteiger charge is -2.34. The van der Waals surface area contributed by atoms with E-state index < -0.39 is 26.4 Å². The van der Waals surface area contributed by atoms with E-state index in [1.165, 1.54) is 12.3 Å². The van der Waals surface area contributed by atoms with Gasteiger partial charge in [-0.3, -0.25) is 4.98 Å². The first-order chi connectivity index (χ1) is 21.3. The number of pyridine rings is 1. The van der Waals surface area contributed by atoms with Crippen LogP contribution < -0.4 is 0 Å². The summed E-state index contributed by atoms with van der Waals surface area (Å²) in [6.45, 7) is -3.23. The molecule has 0 bridgehead atoms. The zero-order chi connectivity index (χ0) is 33.4. The predicted molar refractivity (Wildman–Crippen MR) is 152 cm³/mol. The van der Waals surface area contributed by atoms with Crippen LogP contribution in [0.4, 0.5) is 0 Å². The minimum absolute atomic E-state index is 0.0200. The number of aromatic nitrogens is 1. The second-order valence-electron chi connectivity index (χ2n) is 10.6. The summed E-state index contributed by atoms with van der Waals surface area (Å²) in [6.07, 6.45) is 4.15. The fourth-order valence-electron chi connectivity index (χ4n) is 5.36. The van der Waals surface area contributed by atoms with Crippen LogP contribution in [-0.4, -0.2) is 4.98 Å². The number of para-hydroxylation sites is 2. The molecule has 3 aromatic carbocycles. The first kappa shape index (κ1) is 14.4. The van der Waals surface area contributed by atoms with E-state index in [1.807, 2.05) is 6.07 Å². The lowest BCUT2D eigenvalue weighted by Crippen LogP contribution is -2.20. The van der Waals surface area contributed by atoms with Gasteiger partial charge in [-0.2, -0.15) is 0 Å². The van der Waals surface area contributed by atoms with E-state index >= 15 is 0 Å². The Hall–Kier alpha value is -3.39. The molecule has 0 unspecified atom stereocenters. The molecule has 2 nitrogen and oxygen atoms in total. The fourth-order valence-corrected chi connectivity index (χ4v) is 5.36. The maximum atomic E-state index is 9.25. The summed E-state index contributed by atoms with van der Waals surface area (Å²) in [5.41, 5.74) is 2.59. The first-order valence-electron chi connectivity index (χ1n) is 17.4. The highest BCUT2D eigenvalue weighted by Crippen LogP contribution is 2.43. The van der Waals surface area contributed by atoms with Gasteiger partial charge in [0.15, 0.2) is 0 Å². The molecule has 0 radical (unpaired) electrons. The summed E-state index contributed by atoms with van der Waals surface area (Å²) >= 11 is 0. The van der Waals surface area contributed by atoms with Crippen molar-refractivity contribution in [2.45, 2.75) is 66.0 Å². The third-order valence-electron chi connectivity index (χ3n) is 7.63. The van der Waals surface area contributed by atoms with E-state index in [2.05, 4.69) is 18.8 Å². The molecule has 36 heavy (non-hydrogen) atoms. The number of nitrogens with zero attached hydrogens (tertiary/aromatic N) is 1. The molecular formula is C34H35NO. The van der Waals surface area contributed by atoms with Gasteiger partial charge < -0.3 is 4.42 Å². The van der Waals surface area contributed by atoms with Crippen LogP contribution in [0.1, 0.15) is 81.4 Å². The smallest absolute Gasteiger partial charge is 0.144 e. The molecular weight excluding hydrogens is 438 g/mol. The molecule has 182 valence electrons. The molecule has 0 spiro atoms. The van der Waals surface area contributed by atoms with Crippen LogP contribution >= 0.6 is 0 Å². The highest BCUT2D eigenvalue weighted by molar-refractivity contribution is 6.10. The van der Waals surface area contributed by atoms with Gasteiger partial charge in [0.25, 0.3) is 0 Å². The largest absolute Gasteiger partial charge is 0.455 e. The van der Waals surface area contributed by atoms with E-state index in [1.54, 1.807) is 48.5 Å². The number of hydrogen-bond acceptors (Lipinski definition) is 2. The molecule has 0 amide bonds. The molecule has 2 aromatic heterocycles. The van der Waals surface area contributed by atoms with Gasteiger partial charge in [0.2, 0.25) is 0 Å². The number of aryl methyl sites for hydroxylation is 3. The first-order valence-corrected chi connectivity index (χ1v) is 12.4. The molecule has 1 saturated carbocycles. The fraction of sp³-hybridized carbons (Fsp3) is 0.324. The van der Waals surface area contributed by atoms with Gasteiger partial charge in [-0.1, -0.05) is 62.4 Å². The minimum atomic E-state index is -2.60. The van der Waals surface area contributed by atoms with Crippen LogP contribution in [0.5, 0.6) is 0 Å². The van der Waals surface area contributed by atoms with Gasteiger partial charge in [0, 0.05) is 36.2 Å². The quantitative estimate of drug-likeness (QED) is 0.255. The van der Waals surface area contributed by atoms with Crippen molar-refractivity contribution in [3.05, 3.63) is 89.1 Å². The van der Waals surface area contributed by atoms with Gasteiger partial charge in [0.05, 0.1) is 5.69 Å². The van der Waals surface area contributed by atoms with E-state index in [0.717, 1.165) is 12.8 Å². The van der Waals surface area contributed by atoms with Crippen LogP contribution in [0.25, 0.3) is 44.3 Å². The van der Waals surface area contributed by atoms with E-state index in [0.29, 0.717) is 46.0 Å². The van der Waals surface area contributed by atoms with Crippen LogP contribution in [0.3, 0.4) is 0 Å². The summed E-state index contributed by atoms with van der Waals surface area (Å²) in [4.78, 5) is 4.50. The van der Waals surface area contributed by atoms with Crippen LogP contribution in [0.2, 0.25) is 0 Å². The molecule has 0 aliphatic heterocycles. The Morgan fingerprint density at radius 1 is 0.806 bits per heavy atom. The zero-order valence-corrected chi connectivity index (χ0v) is 20.5. The minimum Gasteiger partial charge on any atom is -0.455 e. The summed E-state index contributed by atoms with van der Waals surface area (Å²) in [5, 5.41) is 1.30. The lowest BCUT2D eigenvalue weighted by molar-refractivity contribution is 0.224. The summed E-state index contributed by atoms with van der Waals surface area (Å²) < 4.78 is 89.5.